The molecule has 0 aliphatic carbocycles. The highest BCUT2D eigenvalue weighted by molar-refractivity contribution is 5.90. The Morgan fingerprint density at radius 3 is 1.95 bits per heavy atom. The first-order valence-corrected chi connectivity index (χ1v) is 6.22. The number of amides is 4. The highest BCUT2D eigenvalue weighted by atomic mass is 16.5. The van der Waals surface area contributed by atoms with Gasteiger partial charge in [0, 0.05) is 26.1 Å². The quantitative estimate of drug-likeness (QED) is 0.427. The van der Waals surface area contributed by atoms with Gasteiger partial charge in [-0.05, 0) is 0 Å². The van der Waals surface area contributed by atoms with Crippen molar-refractivity contribution in [2.75, 3.05) is 26.3 Å². The number of ether oxygens (including phenoxy) is 1. The number of hydrogen-bond acceptors (Lipinski definition) is 5. The minimum Gasteiger partial charge on any atom is -0.480 e. The lowest BCUT2D eigenvalue weighted by atomic mass is 9.90. The topological polar surface area (TPSA) is 165 Å². The first-order chi connectivity index (χ1) is 9.77. The Labute approximate surface area is 120 Å². The van der Waals surface area contributed by atoms with Gasteiger partial charge in [0.25, 0.3) is 0 Å². The van der Waals surface area contributed by atoms with E-state index < -0.39 is 42.4 Å². The van der Waals surface area contributed by atoms with Crippen molar-refractivity contribution >= 4 is 23.8 Å². The summed E-state index contributed by atoms with van der Waals surface area (Å²) < 4.78 is 5.07. The molecule has 1 heterocycles. The van der Waals surface area contributed by atoms with E-state index in [1.165, 1.54) is 0 Å². The molecule has 0 radical (unpaired) electrons. The third-order valence-corrected chi connectivity index (χ3v) is 3.08. The van der Waals surface area contributed by atoms with Crippen LogP contribution in [0.5, 0.6) is 0 Å². The van der Waals surface area contributed by atoms with Crippen LogP contribution < -0.4 is 16.8 Å². The van der Waals surface area contributed by atoms with Crippen LogP contribution in [0.25, 0.3) is 0 Å². The molecule has 0 unspecified atom stereocenters. The summed E-state index contributed by atoms with van der Waals surface area (Å²) in [5.41, 5.74) is 8.47. The molecule has 0 aromatic rings. The molecule has 1 fully saturated rings. The number of hydrogen-bond donors (Lipinski definition) is 4. The number of urea groups is 1. The Bertz CT molecular complexity index is 430. The summed E-state index contributed by atoms with van der Waals surface area (Å²) >= 11 is 0. The van der Waals surface area contributed by atoms with E-state index in [-0.39, 0.29) is 26.1 Å². The van der Waals surface area contributed by atoms with Gasteiger partial charge in [-0.25, -0.2) is 9.59 Å². The molecule has 0 aromatic heterocycles. The highest BCUT2D eigenvalue weighted by Crippen LogP contribution is 2.21. The van der Waals surface area contributed by atoms with Crippen molar-refractivity contribution in [3.63, 3.8) is 0 Å². The third kappa shape index (κ3) is 4.60. The molecular formula is C11H18N4O6. The van der Waals surface area contributed by atoms with E-state index in [0.29, 0.717) is 0 Å². The lowest BCUT2D eigenvalue weighted by Crippen LogP contribution is -2.61. The Morgan fingerprint density at radius 1 is 1.10 bits per heavy atom. The first kappa shape index (κ1) is 16.7. The van der Waals surface area contributed by atoms with Crippen molar-refractivity contribution in [2.45, 2.75) is 18.4 Å². The van der Waals surface area contributed by atoms with Crippen LogP contribution in [0.15, 0.2) is 0 Å². The molecule has 21 heavy (non-hydrogen) atoms. The number of carbonyl (C=O) groups is 4. The monoisotopic (exact) mass is 302 g/mol. The van der Waals surface area contributed by atoms with Crippen LogP contribution in [0.1, 0.15) is 12.8 Å². The number of nitrogens with one attached hydrogen (secondary N) is 1. The van der Waals surface area contributed by atoms with Crippen LogP contribution in [-0.2, 0) is 19.1 Å². The SMILES string of the molecule is NC(=O)CN(CC(N)=O)C(=O)NC1(C(=O)O)CCOCC1. The number of nitrogens with zero attached hydrogens (tertiary/aromatic N) is 1. The van der Waals surface area contributed by atoms with Gasteiger partial charge in [-0.2, -0.15) is 0 Å². The molecule has 1 aliphatic rings. The van der Waals surface area contributed by atoms with Crippen LogP contribution in [0.4, 0.5) is 4.79 Å². The van der Waals surface area contributed by atoms with Gasteiger partial charge in [0.05, 0.1) is 0 Å². The van der Waals surface area contributed by atoms with Crippen LogP contribution in [0.2, 0.25) is 0 Å². The van der Waals surface area contributed by atoms with Crippen molar-refractivity contribution in [1.82, 2.24) is 10.2 Å². The predicted octanol–water partition coefficient (Wildman–Crippen LogP) is -2.40. The molecule has 0 atom stereocenters. The van der Waals surface area contributed by atoms with Crippen LogP contribution >= 0.6 is 0 Å². The molecule has 1 rings (SSSR count). The van der Waals surface area contributed by atoms with Gasteiger partial charge in [0.15, 0.2) is 0 Å². The second-order valence-electron chi connectivity index (χ2n) is 4.72. The van der Waals surface area contributed by atoms with E-state index in [1.54, 1.807) is 0 Å². The molecule has 4 amide bonds. The molecular weight excluding hydrogens is 284 g/mol. The van der Waals surface area contributed by atoms with Gasteiger partial charge < -0.3 is 31.5 Å². The van der Waals surface area contributed by atoms with Gasteiger partial charge in [-0.15, -0.1) is 0 Å². The van der Waals surface area contributed by atoms with Crippen molar-refractivity contribution in [3.8, 4) is 0 Å². The van der Waals surface area contributed by atoms with E-state index in [9.17, 15) is 24.3 Å². The maximum Gasteiger partial charge on any atom is 0.329 e. The normalized spacial score (nSPS) is 16.8. The molecule has 1 saturated heterocycles. The van der Waals surface area contributed by atoms with Crippen LogP contribution in [0, 0.1) is 0 Å². The van der Waals surface area contributed by atoms with Gasteiger partial charge in [-0.1, -0.05) is 0 Å². The number of carboxylic acids is 1. The van der Waals surface area contributed by atoms with Crippen LogP contribution in [0.3, 0.4) is 0 Å². The lowest BCUT2D eigenvalue weighted by Gasteiger charge is -2.35. The summed E-state index contributed by atoms with van der Waals surface area (Å²) in [4.78, 5) is 46.1. The van der Waals surface area contributed by atoms with E-state index in [1.807, 2.05) is 0 Å². The lowest BCUT2D eigenvalue weighted by molar-refractivity contribution is -0.148. The summed E-state index contributed by atoms with van der Waals surface area (Å²) in [5, 5.41) is 11.6. The highest BCUT2D eigenvalue weighted by Gasteiger charge is 2.42. The van der Waals surface area contributed by atoms with Crippen molar-refractivity contribution in [3.05, 3.63) is 0 Å². The summed E-state index contributed by atoms with van der Waals surface area (Å²) in [7, 11) is 0. The fraction of sp³-hybridized carbons (Fsp3) is 0.636. The molecule has 10 heteroatoms. The molecule has 0 saturated carbocycles. The van der Waals surface area contributed by atoms with Gasteiger partial charge in [-0.3, -0.25) is 9.59 Å². The van der Waals surface area contributed by atoms with E-state index in [2.05, 4.69) is 5.32 Å². The summed E-state index contributed by atoms with van der Waals surface area (Å²) in [6.07, 6.45) is 0.157. The van der Waals surface area contributed by atoms with Gasteiger partial charge >= 0.3 is 12.0 Å². The summed E-state index contributed by atoms with van der Waals surface area (Å²) in [5.74, 6) is -2.90. The van der Waals surface area contributed by atoms with Crippen molar-refractivity contribution in [1.29, 1.82) is 0 Å². The number of carboxylic acid groups (broad SMARTS) is 1. The number of nitrogens with two attached hydrogens (primary N) is 2. The van der Waals surface area contributed by atoms with Gasteiger partial charge in [0.1, 0.15) is 18.6 Å². The van der Waals surface area contributed by atoms with E-state index in [4.69, 9.17) is 16.2 Å². The number of rotatable bonds is 6. The molecule has 0 aromatic carbocycles. The van der Waals surface area contributed by atoms with Crippen molar-refractivity contribution < 1.29 is 29.0 Å². The average molecular weight is 302 g/mol. The number of carbonyl (C=O) groups excluding carboxylic acids is 3. The second kappa shape index (κ2) is 6.88. The average Bonchev–Trinajstić information content (AvgIpc) is 2.37. The smallest absolute Gasteiger partial charge is 0.329 e. The first-order valence-electron chi connectivity index (χ1n) is 6.22. The summed E-state index contributed by atoms with van der Waals surface area (Å²) in [6.45, 7) is -0.724. The Kier molecular flexibility index (Phi) is 5.47. The maximum atomic E-state index is 12.1. The van der Waals surface area contributed by atoms with E-state index in [0.717, 1.165) is 4.90 Å². The number of aliphatic carboxylic acids is 1. The van der Waals surface area contributed by atoms with Crippen molar-refractivity contribution in [2.24, 2.45) is 11.5 Å². The minimum absolute atomic E-state index is 0.0784. The summed E-state index contributed by atoms with van der Waals surface area (Å²) in [6, 6.07) is -0.892. The largest absolute Gasteiger partial charge is 0.480 e. The molecule has 6 N–H and O–H groups in total. The zero-order valence-electron chi connectivity index (χ0n) is 11.3. The predicted molar refractivity (Wildman–Crippen MR) is 68.9 cm³/mol. The molecule has 0 spiro atoms. The maximum absolute atomic E-state index is 12.1. The molecule has 1 aliphatic heterocycles. The molecule has 10 nitrogen and oxygen atoms in total. The Hall–Kier alpha value is -2.36. The minimum atomic E-state index is -1.50. The molecule has 118 valence electrons. The number of primary amides is 2. The fourth-order valence-electron chi connectivity index (χ4n) is 1.97. The molecule has 0 bridgehead atoms. The fourth-order valence-corrected chi connectivity index (χ4v) is 1.97. The second-order valence-corrected chi connectivity index (χ2v) is 4.72. The third-order valence-electron chi connectivity index (χ3n) is 3.08. The van der Waals surface area contributed by atoms with Crippen LogP contribution in [-0.4, -0.2) is 65.7 Å². The Balaban J connectivity index is 2.84. The zero-order chi connectivity index (χ0) is 16.0. The van der Waals surface area contributed by atoms with Gasteiger partial charge in [0.2, 0.25) is 11.8 Å². The Morgan fingerprint density at radius 2 is 1.57 bits per heavy atom. The standard InChI is InChI=1S/C11H18N4O6/c12-7(16)5-15(6-8(13)17)10(20)14-11(9(18)19)1-3-21-4-2-11/h1-6H2,(H2,12,16)(H2,13,17)(H,14,20)(H,18,19). The van der Waals surface area contributed by atoms with E-state index >= 15 is 0 Å². The zero-order valence-corrected chi connectivity index (χ0v) is 11.3.